The summed E-state index contributed by atoms with van der Waals surface area (Å²) in [6.45, 7) is 0. The van der Waals surface area contributed by atoms with E-state index in [1.807, 2.05) is 0 Å². The number of ether oxygens (including phenoxy) is 1. The smallest absolute Gasteiger partial charge is 0.153 e. The Morgan fingerprint density at radius 1 is 1.23 bits per heavy atom. The number of carbonyl (C=O) groups is 2. The summed E-state index contributed by atoms with van der Waals surface area (Å²) in [6, 6.07) is 3.07. The molecule has 0 N–H and O–H groups in total. The SMILES string of the molecule is COc1cc(C=O)c(Br)cc1C=O. The Hall–Kier alpha value is -1.16. The molecule has 13 heavy (non-hydrogen) atoms. The van der Waals surface area contributed by atoms with Crippen molar-refractivity contribution < 1.29 is 14.3 Å². The van der Waals surface area contributed by atoms with Crippen LogP contribution < -0.4 is 4.74 Å². The van der Waals surface area contributed by atoms with Crippen molar-refractivity contribution in [3.05, 3.63) is 27.7 Å². The van der Waals surface area contributed by atoms with Crippen LogP contribution in [0.15, 0.2) is 16.6 Å². The quantitative estimate of drug-likeness (QED) is 0.763. The molecule has 0 aliphatic rings. The molecule has 0 bridgehead atoms. The molecule has 0 atom stereocenters. The molecule has 4 heteroatoms. The van der Waals surface area contributed by atoms with Crippen LogP contribution in [0, 0.1) is 0 Å². The summed E-state index contributed by atoms with van der Waals surface area (Å²) in [5.41, 5.74) is 0.877. The zero-order chi connectivity index (χ0) is 9.84. The molecule has 1 aromatic carbocycles. The highest BCUT2D eigenvalue weighted by Crippen LogP contribution is 2.24. The third-order valence-corrected chi connectivity index (χ3v) is 2.29. The molecule has 0 saturated carbocycles. The molecule has 0 fully saturated rings. The van der Waals surface area contributed by atoms with E-state index in [-0.39, 0.29) is 0 Å². The number of hydrogen-bond acceptors (Lipinski definition) is 3. The molecule has 0 amide bonds. The first kappa shape index (κ1) is 9.92. The van der Waals surface area contributed by atoms with Crippen LogP contribution in [0.5, 0.6) is 5.75 Å². The Labute approximate surface area is 83.8 Å². The minimum Gasteiger partial charge on any atom is -0.496 e. The lowest BCUT2D eigenvalue weighted by molar-refractivity contribution is 0.111. The third kappa shape index (κ3) is 1.95. The van der Waals surface area contributed by atoms with Crippen LogP contribution in [-0.4, -0.2) is 19.7 Å². The second-order valence-corrected chi connectivity index (χ2v) is 3.21. The molecule has 1 aromatic rings. The van der Waals surface area contributed by atoms with Crippen LogP contribution >= 0.6 is 15.9 Å². The maximum absolute atomic E-state index is 10.5. The predicted octanol–water partition coefficient (Wildman–Crippen LogP) is 2.08. The third-order valence-electron chi connectivity index (χ3n) is 1.60. The van der Waals surface area contributed by atoms with Gasteiger partial charge in [0.25, 0.3) is 0 Å². The van der Waals surface area contributed by atoms with E-state index in [2.05, 4.69) is 15.9 Å². The molecule has 0 spiro atoms. The van der Waals surface area contributed by atoms with Gasteiger partial charge in [-0.3, -0.25) is 9.59 Å². The fourth-order valence-corrected chi connectivity index (χ4v) is 1.40. The Kier molecular flexibility index (Phi) is 3.19. The molecule has 0 aromatic heterocycles. The highest BCUT2D eigenvalue weighted by atomic mass is 79.9. The van der Waals surface area contributed by atoms with E-state index in [0.29, 0.717) is 33.9 Å². The zero-order valence-electron chi connectivity index (χ0n) is 6.91. The van der Waals surface area contributed by atoms with Crippen LogP contribution in [0.2, 0.25) is 0 Å². The molecular formula is C9H7BrO3. The summed E-state index contributed by atoms with van der Waals surface area (Å²) in [7, 11) is 1.45. The van der Waals surface area contributed by atoms with Crippen molar-refractivity contribution in [3.8, 4) is 5.75 Å². The predicted molar refractivity (Wildman–Crippen MR) is 51.5 cm³/mol. The standard InChI is InChI=1S/C9H7BrO3/c1-13-9-3-6(4-11)8(10)2-7(9)5-12/h2-5H,1H3. The second kappa shape index (κ2) is 4.18. The van der Waals surface area contributed by atoms with Gasteiger partial charge in [0.1, 0.15) is 5.75 Å². The van der Waals surface area contributed by atoms with Crippen molar-refractivity contribution in [1.29, 1.82) is 0 Å². The van der Waals surface area contributed by atoms with Crippen LogP contribution in [0.1, 0.15) is 20.7 Å². The molecule has 3 nitrogen and oxygen atoms in total. The van der Waals surface area contributed by atoms with Gasteiger partial charge in [-0.15, -0.1) is 0 Å². The van der Waals surface area contributed by atoms with Crippen molar-refractivity contribution in [1.82, 2.24) is 0 Å². The van der Waals surface area contributed by atoms with Gasteiger partial charge >= 0.3 is 0 Å². The fourth-order valence-electron chi connectivity index (χ4n) is 0.944. The minimum absolute atomic E-state index is 0.403. The van der Waals surface area contributed by atoms with Gasteiger partial charge in [0.15, 0.2) is 12.6 Å². The molecule has 0 radical (unpaired) electrons. The van der Waals surface area contributed by atoms with Gasteiger partial charge in [0, 0.05) is 10.0 Å². The van der Waals surface area contributed by atoms with Gasteiger partial charge in [0.2, 0.25) is 0 Å². The first-order valence-corrected chi connectivity index (χ1v) is 4.30. The van der Waals surface area contributed by atoms with Crippen molar-refractivity contribution >= 4 is 28.5 Å². The topological polar surface area (TPSA) is 43.4 Å². The van der Waals surface area contributed by atoms with E-state index >= 15 is 0 Å². The largest absolute Gasteiger partial charge is 0.496 e. The lowest BCUT2D eigenvalue weighted by atomic mass is 10.1. The monoisotopic (exact) mass is 242 g/mol. The molecule has 1 rings (SSSR count). The molecule has 0 aliphatic heterocycles. The van der Waals surface area contributed by atoms with E-state index in [4.69, 9.17) is 4.74 Å². The Morgan fingerprint density at radius 2 is 1.85 bits per heavy atom. The van der Waals surface area contributed by atoms with E-state index in [1.54, 1.807) is 6.07 Å². The van der Waals surface area contributed by atoms with E-state index in [1.165, 1.54) is 13.2 Å². The van der Waals surface area contributed by atoms with Gasteiger partial charge in [-0.1, -0.05) is 15.9 Å². The average molecular weight is 243 g/mol. The van der Waals surface area contributed by atoms with Gasteiger partial charge in [-0.05, 0) is 12.1 Å². The Morgan fingerprint density at radius 3 is 2.31 bits per heavy atom. The van der Waals surface area contributed by atoms with Crippen LogP contribution in [0.25, 0.3) is 0 Å². The summed E-state index contributed by atoms with van der Waals surface area (Å²) in [5.74, 6) is 0.403. The van der Waals surface area contributed by atoms with Crippen LogP contribution in [0.4, 0.5) is 0 Å². The number of halogens is 1. The molecule has 0 saturated heterocycles. The highest BCUT2D eigenvalue weighted by Gasteiger charge is 2.07. The van der Waals surface area contributed by atoms with Crippen LogP contribution in [0.3, 0.4) is 0 Å². The molecular weight excluding hydrogens is 236 g/mol. The molecule has 0 aliphatic carbocycles. The number of aldehydes is 2. The first-order valence-electron chi connectivity index (χ1n) is 3.50. The summed E-state index contributed by atoms with van der Waals surface area (Å²) in [4.78, 5) is 21.1. The Balaban J connectivity index is 3.34. The number of rotatable bonds is 3. The second-order valence-electron chi connectivity index (χ2n) is 2.35. The summed E-state index contributed by atoms with van der Waals surface area (Å²) >= 11 is 3.17. The van der Waals surface area contributed by atoms with Crippen molar-refractivity contribution in [2.45, 2.75) is 0 Å². The maximum Gasteiger partial charge on any atom is 0.153 e. The minimum atomic E-state index is 0.403. The molecule has 68 valence electrons. The van der Waals surface area contributed by atoms with E-state index < -0.39 is 0 Å². The number of hydrogen-bond donors (Lipinski definition) is 0. The van der Waals surface area contributed by atoms with Gasteiger partial charge in [-0.25, -0.2) is 0 Å². The summed E-state index contributed by atoms with van der Waals surface area (Å²) in [5, 5.41) is 0. The lowest BCUT2D eigenvalue weighted by Crippen LogP contribution is -1.93. The summed E-state index contributed by atoms with van der Waals surface area (Å²) < 4.78 is 5.51. The molecule has 0 heterocycles. The van der Waals surface area contributed by atoms with Crippen molar-refractivity contribution in [2.75, 3.05) is 7.11 Å². The first-order chi connectivity index (χ1) is 6.22. The Bertz CT molecular complexity index is 347. The van der Waals surface area contributed by atoms with Crippen molar-refractivity contribution in [2.24, 2.45) is 0 Å². The number of benzene rings is 1. The average Bonchev–Trinajstić information content (AvgIpc) is 2.17. The van der Waals surface area contributed by atoms with Gasteiger partial charge < -0.3 is 4.74 Å². The van der Waals surface area contributed by atoms with Crippen LogP contribution in [-0.2, 0) is 0 Å². The van der Waals surface area contributed by atoms with Gasteiger partial charge in [0.05, 0.1) is 12.7 Å². The van der Waals surface area contributed by atoms with Crippen molar-refractivity contribution in [3.63, 3.8) is 0 Å². The fraction of sp³-hybridized carbons (Fsp3) is 0.111. The zero-order valence-corrected chi connectivity index (χ0v) is 8.50. The lowest BCUT2D eigenvalue weighted by Gasteiger charge is -2.05. The van der Waals surface area contributed by atoms with Gasteiger partial charge in [-0.2, -0.15) is 0 Å². The summed E-state index contributed by atoms with van der Waals surface area (Å²) in [6.07, 6.45) is 1.37. The number of carbonyl (C=O) groups excluding carboxylic acids is 2. The number of methoxy groups -OCH3 is 1. The van der Waals surface area contributed by atoms with E-state index in [0.717, 1.165) is 0 Å². The highest BCUT2D eigenvalue weighted by molar-refractivity contribution is 9.10. The molecule has 0 unspecified atom stereocenters. The normalized spacial score (nSPS) is 9.38. The maximum atomic E-state index is 10.5. The van der Waals surface area contributed by atoms with E-state index in [9.17, 15) is 9.59 Å².